The summed E-state index contributed by atoms with van der Waals surface area (Å²) in [7, 11) is 1.60. The van der Waals surface area contributed by atoms with E-state index in [1.54, 1.807) is 20.2 Å². The van der Waals surface area contributed by atoms with Crippen LogP contribution in [-0.4, -0.2) is 36.5 Å². The molecule has 1 unspecified atom stereocenters. The summed E-state index contributed by atoms with van der Waals surface area (Å²) in [6.07, 6.45) is 3.08. The van der Waals surface area contributed by atoms with Crippen LogP contribution in [0.25, 0.3) is 0 Å². The van der Waals surface area contributed by atoms with Crippen molar-refractivity contribution in [1.82, 2.24) is 4.90 Å². The molecule has 18 heavy (non-hydrogen) atoms. The van der Waals surface area contributed by atoms with Gasteiger partial charge in [0, 0.05) is 19.5 Å². The Morgan fingerprint density at radius 3 is 2.78 bits per heavy atom. The standard InChI is InChI=1S/C13H19NO4/c1-4-17-13(16)12(15)14(3)10(2)7-8-11-6-5-9-18-11/h5-6,9-10H,4,7-8H2,1-3H3. The van der Waals surface area contributed by atoms with Gasteiger partial charge < -0.3 is 14.1 Å². The fraction of sp³-hybridized carbons (Fsp3) is 0.538. The Labute approximate surface area is 107 Å². The minimum Gasteiger partial charge on any atom is -0.469 e. The number of likely N-dealkylation sites (N-methyl/N-ethyl adjacent to an activating group) is 1. The van der Waals surface area contributed by atoms with Gasteiger partial charge in [-0.2, -0.15) is 0 Å². The van der Waals surface area contributed by atoms with E-state index in [-0.39, 0.29) is 12.6 Å². The normalized spacial score (nSPS) is 11.9. The van der Waals surface area contributed by atoms with Gasteiger partial charge in [-0.25, -0.2) is 4.79 Å². The van der Waals surface area contributed by atoms with E-state index >= 15 is 0 Å². The van der Waals surface area contributed by atoms with Gasteiger partial charge in [0.15, 0.2) is 0 Å². The molecule has 0 spiro atoms. The number of hydrogen-bond donors (Lipinski definition) is 0. The van der Waals surface area contributed by atoms with E-state index in [0.717, 1.165) is 18.6 Å². The zero-order valence-corrected chi connectivity index (χ0v) is 11.0. The molecule has 0 aliphatic heterocycles. The summed E-state index contributed by atoms with van der Waals surface area (Å²) in [5.41, 5.74) is 0. The quantitative estimate of drug-likeness (QED) is 0.591. The Balaban J connectivity index is 2.42. The van der Waals surface area contributed by atoms with Gasteiger partial charge in [0.1, 0.15) is 5.76 Å². The Morgan fingerprint density at radius 2 is 2.22 bits per heavy atom. The van der Waals surface area contributed by atoms with Gasteiger partial charge in [-0.05, 0) is 32.4 Å². The van der Waals surface area contributed by atoms with Gasteiger partial charge in [0.2, 0.25) is 0 Å². The molecule has 0 aliphatic carbocycles. The van der Waals surface area contributed by atoms with Crippen LogP contribution in [0.5, 0.6) is 0 Å². The molecule has 1 atom stereocenters. The first-order valence-corrected chi connectivity index (χ1v) is 6.02. The number of rotatable bonds is 5. The number of hydrogen-bond acceptors (Lipinski definition) is 4. The van der Waals surface area contributed by atoms with Crippen molar-refractivity contribution in [2.75, 3.05) is 13.7 Å². The summed E-state index contributed by atoms with van der Waals surface area (Å²) in [5.74, 6) is -0.535. The van der Waals surface area contributed by atoms with Crippen LogP contribution >= 0.6 is 0 Å². The van der Waals surface area contributed by atoms with Gasteiger partial charge >= 0.3 is 11.9 Å². The van der Waals surface area contributed by atoms with E-state index in [4.69, 9.17) is 4.42 Å². The molecule has 1 aromatic rings. The van der Waals surface area contributed by atoms with E-state index in [1.165, 1.54) is 4.90 Å². The maximum Gasteiger partial charge on any atom is 0.397 e. The second-order valence-corrected chi connectivity index (χ2v) is 4.10. The SMILES string of the molecule is CCOC(=O)C(=O)N(C)C(C)CCc1ccco1. The fourth-order valence-electron chi connectivity index (χ4n) is 1.54. The molecule has 1 amide bonds. The molecular weight excluding hydrogens is 234 g/mol. The number of ether oxygens (including phenoxy) is 1. The third-order valence-corrected chi connectivity index (χ3v) is 2.82. The zero-order chi connectivity index (χ0) is 13.5. The zero-order valence-electron chi connectivity index (χ0n) is 11.0. The number of carbonyl (C=O) groups is 2. The summed E-state index contributed by atoms with van der Waals surface area (Å²) >= 11 is 0. The van der Waals surface area contributed by atoms with Crippen LogP contribution < -0.4 is 0 Å². The van der Waals surface area contributed by atoms with Gasteiger partial charge in [-0.1, -0.05) is 0 Å². The average molecular weight is 253 g/mol. The van der Waals surface area contributed by atoms with Gasteiger partial charge in [0.25, 0.3) is 0 Å². The topological polar surface area (TPSA) is 59.8 Å². The molecule has 1 heterocycles. The van der Waals surface area contributed by atoms with Crippen molar-refractivity contribution in [3.8, 4) is 0 Å². The molecule has 0 saturated carbocycles. The van der Waals surface area contributed by atoms with Gasteiger partial charge in [-0.15, -0.1) is 0 Å². The predicted molar refractivity (Wildman–Crippen MR) is 65.9 cm³/mol. The highest BCUT2D eigenvalue weighted by Gasteiger charge is 2.23. The second kappa shape index (κ2) is 6.83. The first-order valence-electron chi connectivity index (χ1n) is 6.02. The summed E-state index contributed by atoms with van der Waals surface area (Å²) in [6.45, 7) is 3.77. The smallest absolute Gasteiger partial charge is 0.397 e. The minimum atomic E-state index is -0.801. The number of esters is 1. The molecular formula is C13H19NO4. The molecule has 0 aliphatic rings. The van der Waals surface area contributed by atoms with Crippen molar-refractivity contribution in [3.05, 3.63) is 24.2 Å². The van der Waals surface area contributed by atoms with Crippen LogP contribution in [0.1, 0.15) is 26.0 Å². The minimum absolute atomic E-state index is 0.0491. The predicted octanol–water partition coefficient (Wildman–Crippen LogP) is 1.62. The number of amides is 1. The van der Waals surface area contributed by atoms with Crippen molar-refractivity contribution < 1.29 is 18.7 Å². The lowest BCUT2D eigenvalue weighted by Gasteiger charge is -2.23. The highest BCUT2D eigenvalue weighted by atomic mass is 16.5. The van der Waals surface area contributed by atoms with Crippen LogP contribution in [-0.2, 0) is 20.7 Å². The van der Waals surface area contributed by atoms with Gasteiger partial charge in [-0.3, -0.25) is 4.79 Å². The van der Waals surface area contributed by atoms with Crippen molar-refractivity contribution in [3.63, 3.8) is 0 Å². The van der Waals surface area contributed by atoms with Crippen LogP contribution in [0.15, 0.2) is 22.8 Å². The number of furan rings is 1. The fourth-order valence-corrected chi connectivity index (χ4v) is 1.54. The van der Waals surface area contributed by atoms with E-state index < -0.39 is 11.9 Å². The maximum absolute atomic E-state index is 11.7. The molecule has 5 nitrogen and oxygen atoms in total. The lowest BCUT2D eigenvalue weighted by molar-refractivity contribution is -0.160. The molecule has 0 fully saturated rings. The molecule has 1 aromatic heterocycles. The molecule has 1 rings (SSSR count). The number of carbonyl (C=O) groups excluding carboxylic acids is 2. The number of aryl methyl sites for hydroxylation is 1. The first kappa shape index (κ1) is 14.3. The molecule has 0 N–H and O–H groups in total. The van der Waals surface area contributed by atoms with Crippen molar-refractivity contribution in [1.29, 1.82) is 0 Å². The van der Waals surface area contributed by atoms with Crippen LogP contribution in [0, 0.1) is 0 Å². The lowest BCUT2D eigenvalue weighted by atomic mass is 10.1. The highest BCUT2D eigenvalue weighted by molar-refractivity contribution is 6.32. The van der Waals surface area contributed by atoms with E-state index in [2.05, 4.69) is 4.74 Å². The van der Waals surface area contributed by atoms with Gasteiger partial charge in [0.05, 0.1) is 12.9 Å². The van der Waals surface area contributed by atoms with Crippen LogP contribution in [0.3, 0.4) is 0 Å². The number of nitrogens with zero attached hydrogens (tertiary/aromatic N) is 1. The van der Waals surface area contributed by atoms with Crippen molar-refractivity contribution in [2.45, 2.75) is 32.7 Å². The highest BCUT2D eigenvalue weighted by Crippen LogP contribution is 2.09. The lowest BCUT2D eigenvalue weighted by Crippen LogP contribution is -2.40. The molecule has 0 radical (unpaired) electrons. The Morgan fingerprint density at radius 1 is 1.50 bits per heavy atom. The maximum atomic E-state index is 11.7. The summed E-state index contributed by atoms with van der Waals surface area (Å²) in [6, 6.07) is 3.67. The van der Waals surface area contributed by atoms with Crippen LogP contribution in [0.2, 0.25) is 0 Å². The first-order chi connectivity index (χ1) is 8.56. The largest absolute Gasteiger partial charge is 0.469 e. The Kier molecular flexibility index (Phi) is 5.42. The molecule has 100 valence electrons. The molecule has 5 heteroatoms. The Bertz CT molecular complexity index is 386. The average Bonchev–Trinajstić information content (AvgIpc) is 2.87. The second-order valence-electron chi connectivity index (χ2n) is 4.10. The van der Waals surface area contributed by atoms with E-state index in [9.17, 15) is 9.59 Å². The van der Waals surface area contributed by atoms with E-state index in [0.29, 0.717) is 0 Å². The third kappa shape index (κ3) is 3.91. The summed E-state index contributed by atoms with van der Waals surface area (Å²) < 4.78 is 9.89. The molecule has 0 bridgehead atoms. The van der Waals surface area contributed by atoms with Crippen LogP contribution in [0.4, 0.5) is 0 Å². The summed E-state index contributed by atoms with van der Waals surface area (Å²) in [4.78, 5) is 24.4. The molecule has 0 aromatic carbocycles. The van der Waals surface area contributed by atoms with Crippen molar-refractivity contribution in [2.24, 2.45) is 0 Å². The monoisotopic (exact) mass is 253 g/mol. The third-order valence-electron chi connectivity index (χ3n) is 2.82. The molecule has 0 saturated heterocycles. The Hall–Kier alpha value is -1.78. The van der Waals surface area contributed by atoms with Crippen molar-refractivity contribution >= 4 is 11.9 Å². The summed E-state index contributed by atoms with van der Waals surface area (Å²) in [5, 5.41) is 0. The van der Waals surface area contributed by atoms with E-state index in [1.807, 2.05) is 19.1 Å².